The number of esters is 1. The molecule has 0 spiro atoms. The van der Waals surface area contributed by atoms with Crippen molar-refractivity contribution in [2.24, 2.45) is 5.92 Å². The normalized spacial score (nSPS) is 16.4. The Balaban J connectivity index is 4.45. The highest BCUT2D eigenvalue weighted by molar-refractivity contribution is 5.71. The Morgan fingerprint density at radius 1 is 1.11 bits per heavy atom. The van der Waals surface area contributed by atoms with Gasteiger partial charge in [0.25, 0.3) is 0 Å². The van der Waals surface area contributed by atoms with Crippen molar-refractivity contribution in [3.8, 4) is 0 Å². The summed E-state index contributed by atoms with van der Waals surface area (Å²) in [5.74, 6) is -0.104. The average Bonchev–Trinajstić information content (AvgIpc) is 2.36. The molecule has 0 fully saturated rings. The molecular weight excluding hydrogens is 226 g/mol. The van der Waals surface area contributed by atoms with E-state index < -0.39 is 0 Å². The molecule has 0 aromatic rings. The number of carbonyl (C=O) groups excluding carboxylic acids is 1. The maximum Gasteiger partial charge on any atom is 0.308 e. The zero-order valence-corrected chi connectivity index (χ0v) is 13.2. The summed E-state index contributed by atoms with van der Waals surface area (Å²) < 4.78 is 6.42. The van der Waals surface area contributed by atoms with Crippen LogP contribution in [0.2, 0.25) is 0 Å². The second-order valence-corrected chi connectivity index (χ2v) is 5.56. The third-order valence-corrected chi connectivity index (χ3v) is 4.08. The highest BCUT2D eigenvalue weighted by atomic mass is 16.5. The Hall–Kier alpha value is -0.570. The Morgan fingerprint density at radius 2 is 1.72 bits per heavy atom. The van der Waals surface area contributed by atoms with Gasteiger partial charge in [-0.05, 0) is 26.7 Å². The van der Waals surface area contributed by atoms with Crippen LogP contribution in [0.15, 0.2) is 0 Å². The Labute approximate surface area is 113 Å². The fourth-order valence-electron chi connectivity index (χ4n) is 2.51. The molecule has 0 amide bonds. The summed E-state index contributed by atoms with van der Waals surface area (Å²) in [6, 6.07) is 0.632. The number of rotatable bonds is 9. The summed E-state index contributed by atoms with van der Waals surface area (Å²) in [5, 5.41) is 0. The standard InChI is InChI=1S/C15H32NO2/c1-7-10-16(9-3,14(6)8-2)11-12-18-15(17)13(4)5/h13-14H,7-12H2,1-6H3/q+1. The van der Waals surface area contributed by atoms with E-state index in [0.717, 1.165) is 17.6 Å². The van der Waals surface area contributed by atoms with Crippen LogP contribution < -0.4 is 0 Å². The van der Waals surface area contributed by atoms with E-state index in [1.165, 1.54) is 19.4 Å². The summed E-state index contributed by atoms with van der Waals surface area (Å²) in [6.45, 7) is 16.6. The number of quaternary nitrogens is 1. The number of likely N-dealkylation sites (N-methyl/N-ethyl adjacent to an activating group) is 1. The molecule has 0 aromatic heterocycles. The average molecular weight is 258 g/mol. The molecule has 0 aliphatic heterocycles. The summed E-state index contributed by atoms with van der Waals surface area (Å²) in [5.41, 5.74) is 0. The van der Waals surface area contributed by atoms with E-state index in [9.17, 15) is 4.79 Å². The number of hydrogen-bond donors (Lipinski definition) is 0. The molecule has 2 atom stereocenters. The lowest BCUT2D eigenvalue weighted by Gasteiger charge is -2.42. The van der Waals surface area contributed by atoms with Gasteiger partial charge in [0.2, 0.25) is 0 Å². The largest absolute Gasteiger partial charge is 0.459 e. The number of nitrogens with zero attached hydrogens (tertiary/aromatic N) is 1. The van der Waals surface area contributed by atoms with Crippen LogP contribution in [0.5, 0.6) is 0 Å². The van der Waals surface area contributed by atoms with E-state index >= 15 is 0 Å². The second-order valence-electron chi connectivity index (χ2n) is 5.56. The molecular formula is C15H32NO2+. The van der Waals surface area contributed by atoms with Gasteiger partial charge in [-0.1, -0.05) is 27.7 Å². The van der Waals surface area contributed by atoms with Crippen molar-refractivity contribution in [3.63, 3.8) is 0 Å². The van der Waals surface area contributed by atoms with Crippen molar-refractivity contribution in [2.75, 3.05) is 26.2 Å². The van der Waals surface area contributed by atoms with E-state index in [-0.39, 0.29) is 11.9 Å². The van der Waals surface area contributed by atoms with Crippen molar-refractivity contribution in [1.82, 2.24) is 0 Å². The minimum atomic E-state index is -0.0788. The lowest BCUT2D eigenvalue weighted by Crippen LogP contribution is -2.56. The third-order valence-electron chi connectivity index (χ3n) is 4.08. The van der Waals surface area contributed by atoms with E-state index in [2.05, 4.69) is 27.7 Å². The summed E-state index contributed by atoms with van der Waals surface area (Å²) in [6.07, 6.45) is 2.35. The van der Waals surface area contributed by atoms with Crippen molar-refractivity contribution < 1.29 is 14.0 Å². The van der Waals surface area contributed by atoms with Gasteiger partial charge in [0, 0.05) is 0 Å². The summed E-state index contributed by atoms with van der Waals surface area (Å²) >= 11 is 0. The Bertz CT molecular complexity index is 241. The van der Waals surface area contributed by atoms with Crippen LogP contribution in [-0.2, 0) is 9.53 Å². The minimum absolute atomic E-state index is 0.0247. The topological polar surface area (TPSA) is 26.3 Å². The van der Waals surface area contributed by atoms with E-state index in [4.69, 9.17) is 4.74 Å². The van der Waals surface area contributed by atoms with Gasteiger partial charge < -0.3 is 9.22 Å². The van der Waals surface area contributed by atoms with E-state index in [1.54, 1.807) is 0 Å². The molecule has 108 valence electrons. The molecule has 3 heteroatoms. The monoisotopic (exact) mass is 258 g/mol. The fourth-order valence-corrected chi connectivity index (χ4v) is 2.51. The molecule has 0 aliphatic carbocycles. The van der Waals surface area contributed by atoms with Crippen molar-refractivity contribution in [3.05, 3.63) is 0 Å². The first kappa shape index (κ1) is 17.4. The quantitative estimate of drug-likeness (QED) is 0.469. The van der Waals surface area contributed by atoms with Crippen molar-refractivity contribution in [1.29, 1.82) is 0 Å². The summed E-state index contributed by atoms with van der Waals surface area (Å²) in [7, 11) is 0. The molecule has 0 N–H and O–H groups in total. The lowest BCUT2D eigenvalue weighted by molar-refractivity contribution is -0.948. The maximum absolute atomic E-state index is 11.5. The smallest absolute Gasteiger partial charge is 0.308 e. The van der Waals surface area contributed by atoms with Gasteiger partial charge in [0.1, 0.15) is 13.2 Å². The predicted octanol–water partition coefficient (Wildman–Crippen LogP) is 3.23. The molecule has 0 saturated carbocycles. The first-order valence-electron chi connectivity index (χ1n) is 7.45. The van der Waals surface area contributed by atoms with E-state index in [1.807, 2.05) is 13.8 Å². The van der Waals surface area contributed by atoms with Crippen LogP contribution in [0.3, 0.4) is 0 Å². The van der Waals surface area contributed by atoms with Crippen LogP contribution in [0, 0.1) is 5.92 Å². The third kappa shape index (κ3) is 4.97. The molecule has 3 nitrogen and oxygen atoms in total. The van der Waals surface area contributed by atoms with Crippen LogP contribution in [0.1, 0.15) is 54.4 Å². The van der Waals surface area contributed by atoms with Crippen molar-refractivity contribution >= 4 is 5.97 Å². The Kier molecular flexibility index (Phi) is 8.25. The zero-order chi connectivity index (χ0) is 14.2. The van der Waals surface area contributed by atoms with Gasteiger partial charge in [-0.3, -0.25) is 4.79 Å². The van der Waals surface area contributed by atoms with Crippen molar-refractivity contribution in [2.45, 2.75) is 60.4 Å². The predicted molar refractivity (Wildman–Crippen MR) is 76.4 cm³/mol. The van der Waals surface area contributed by atoms with Gasteiger partial charge >= 0.3 is 5.97 Å². The minimum Gasteiger partial charge on any atom is -0.459 e. The molecule has 0 radical (unpaired) electrons. The molecule has 2 unspecified atom stereocenters. The van der Waals surface area contributed by atoms with Crippen LogP contribution >= 0.6 is 0 Å². The highest BCUT2D eigenvalue weighted by Crippen LogP contribution is 2.17. The van der Waals surface area contributed by atoms with Crippen LogP contribution in [0.4, 0.5) is 0 Å². The van der Waals surface area contributed by atoms with Gasteiger partial charge in [0.15, 0.2) is 0 Å². The molecule has 18 heavy (non-hydrogen) atoms. The Morgan fingerprint density at radius 3 is 2.11 bits per heavy atom. The summed E-state index contributed by atoms with van der Waals surface area (Å²) in [4.78, 5) is 11.5. The van der Waals surface area contributed by atoms with Gasteiger partial charge in [-0.25, -0.2) is 0 Å². The maximum atomic E-state index is 11.5. The first-order valence-corrected chi connectivity index (χ1v) is 7.45. The first-order chi connectivity index (χ1) is 8.43. The molecule has 0 rings (SSSR count). The highest BCUT2D eigenvalue weighted by Gasteiger charge is 2.30. The van der Waals surface area contributed by atoms with Gasteiger partial charge in [0.05, 0.1) is 25.0 Å². The SMILES string of the molecule is CCC[N+](CC)(CCOC(=O)C(C)C)C(C)CC. The molecule has 0 saturated heterocycles. The molecule has 0 aliphatic rings. The lowest BCUT2D eigenvalue weighted by atomic mass is 10.1. The van der Waals surface area contributed by atoms with Crippen LogP contribution in [0.25, 0.3) is 0 Å². The number of ether oxygens (including phenoxy) is 1. The number of carbonyl (C=O) groups is 1. The second kappa shape index (κ2) is 8.52. The number of hydrogen-bond acceptors (Lipinski definition) is 2. The molecule has 0 heterocycles. The van der Waals surface area contributed by atoms with Gasteiger partial charge in [-0.15, -0.1) is 0 Å². The van der Waals surface area contributed by atoms with Crippen LogP contribution in [-0.4, -0.2) is 42.7 Å². The molecule has 0 aromatic carbocycles. The van der Waals surface area contributed by atoms with Gasteiger partial charge in [-0.2, -0.15) is 0 Å². The zero-order valence-electron chi connectivity index (χ0n) is 13.2. The van der Waals surface area contributed by atoms with E-state index in [0.29, 0.717) is 12.6 Å². The molecule has 0 bridgehead atoms. The fraction of sp³-hybridized carbons (Fsp3) is 0.933.